The van der Waals surface area contributed by atoms with Gasteiger partial charge in [0.25, 0.3) is 11.5 Å². The van der Waals surface area contributed by atoms with E-state index in [2.05, 4.69) is 0 Å². The minimum Gasteiger partial charge on any atom is -0.444 e. The first-order valence-corrected chi connectivity index (χ1v) is 12.6. The molecule has 17 heteroatoms. The second-order valence-electron chi connectivity index (χ2n) is 9.31. The van der Waals surface area contributed by atoms with Gasteiger partial charge in [-0.3, -0.25) is 14.2 Å². The topological polar surface area (TPSA) is 137 Å². The third-order valence-electron chi connectivity index (χ3n) is 5.31. The molecule has 1 fully saturated rings. The Morgan fingerprint density at radius 2 is 1.68 bits per heavy atom. The van der Waals surface area contributed by atoms with Gasteiger partial charge in [-0.05, 0) is 32.9 Å². The highest BCUT2D eigenvalue weighted by atomic mass is 35.5. The number of ether oxygens (including phenoxy) is 1. The van der Waals surface area contributed by atoms with E-state index in [4.69, 9.17) is 16.3 Å². The molecule has 1 aromatic heterocycles. The quantitative estimate of drug-likeness (QED) is 0.543. The summed E-state index contributed by atoms with van der Waals surface area (Å²) in [5.41, 5.74) is -7.18. The van der Waals surface area contributed by atoms with Crippen LogP contribution in [0.5, 0.6) is 0 Å². The third-order valence-corrected chi connectivity index (χ3v) is 7.26. The number of amides is 2. The van der Waals surface area contributed by atoms with E-state index in [9.17, 15) is 45.2 Å². The zero-order valence-electron chi connectivity index (χ0n) is 20.2. The van der Waals surface area contributed by atoms with Crippen LogP contribution in [0.3, 0.4) is 0 Å². The van der Waals surface area contributed by atoms with Crippen LogP contribution in [-0.4, -0.2) is 58.4 Å². The predicted octanol–water partition coefficient (Wildman–Crippen LogP) is 2.03. The fraction of sp³-hybridized carbons (Fsp3) is 0.429. The molecular weight excluding hydrogens is 564 g/mol. The van der Waals surface area contributed by atoms with Gasteiger partial charge in [0.15, 0.2) is 0 Å². The fourth-order valence-corrected chi connectivity index (χ4v) is 4.90. The van der Waals surface area contributed by atoms with Crippen LogP contribution in [0.1, 0.15) is 36.8 Å². The van der Waals surface area contributed by atoms with Gasteiger partial charge in [-0.1, -0.05) is 11.6 Å². The highest BCUT2D eigenvalue weighted by molar-refractivity contribution is 7.90. The zero-order valence-corrected chi connectivity index (χ0v) is 21.8. The molecule has 0 atom stereocenters. The SMILES string of the molecule is Cn1c(C(F)(F)F)cc(=O)n(-c2cc(C(=O)NS(=O)(=O)C3CN(C(=O)OC(C)(C)C)C3)c(Cl)cc2F)c1=O. The maximum atomic E-state index is 14.7. The monoisotopic (exact) mass is 584 g/mol. The van der Waals surface area contributed by atoms with Crippen LogP contribution in [0.4, 0.5) is 22.4 Å². The van der Waals surface area contributed by atoms with Crippen molar-refractivity contribution >= 4 is 33.6 Å². The number of aromatic nitrogens is 2. The third kappa shape index (κ3) is 5.85. The molecule has 1 aromatic carbocycles. The van der Waals surface area contributed by atoms with Gasteiger partial charge in [-0.15, -0.1) is 0 Å². The molecule has 0 bridgehead atoms. The largest absolute Gasteiger partial charge is 0.444 e. The Hall–Kier alpha value is -3.40. The first kappa shape index (κ1) is 29.2. The van der Waals surface area contributed by atoms with E-state index in [1.54, 1.807) is 25.5 Å². The van der Waals surface area contributed by atoms with Gasteiger partial charge in [0, 0.05) is 26.2 Å². The molecule has 1 aliphatic heterocycles. The molecule has 11 nitrogen and oxygen atoms in total. The Balaban J connectivity index is 1.90. The zero-order chi connectivity index (χ0) is 29.0. The Morgan fingerprint density at radius 3 is 2.21 bits per heavy atom. The number of alkyl halides is 3. The molecule has 1 aliphatic rings. The van der Waals surface area contributed by atoms with E-state index in [1.165, 1.54) is 0 Å². The van der Waals surface area contributed by atoms with Crippen molar-refractivity contribution in [1.82, 2.24) is 18.8 Å². The predicted molar refractivity (Wildman–Crippen MR) is 125 cm³/mol. The van der Waals surface area contributed by atoms with Gasteiger partial charge in [0.05, 0.1) is 16.3 Å². The Labute approximate surface area is 217 Å². The maximum absolute atomic E-state index is 14.7. The number of nitrogens with zero attached hydrogens (tertiary/aromatic N) is 3. The average molecular weight is 585 g/mol. The molecule has 0 spiro atoms. The lowest BCUT2D eigenvalue weighted by Gasteiger charge is -2.38. The number of carbonyl (C=O) groups is 2. The smallest absolute Gasteiger partial charge is 0.431 e. The summed E-state index contributed by atoms with van der Waals surface area (Å²) in [4.78, 5) is 50.7. The number of nitrogens with one attached hydrogen (secondary N) is 1. The van der Waals surface area contributed by atoms with Gasteiger partial charge in [0.2, 0.25) is 10.0 Å². The van der Waals surface area contributed by atoms with Crippen LogP contribution in [0.2, 0.25) is 5.02 Å². The summed E-state index contributed by atoms with van der Waals surface area (Å²) in [5, 5.41) is -1.82. The molecule has 0 radical (unpaired) electrons. The van der Waals surface area contributed by atoms with E-state index < -0.39 is 78.1 Å². The van der Waals surface area contributed by atoms with Crippen molar-refractivity contribution in [3.05, 3.63) is 61.1 Å². The number of halogens is 5. The molecule has 0 unspecified atom stereocenters. The molecule has 2 amide bonds. The van der Waals surface area contributed by atoms with Crippen molar-refractivity contribution in [1.29, 1.82) is 0 Å². The van der Waals surface area contributed by atoms with Gasteiger partial charge < -0.3 is 9.64 Å². The van der Waals surface area contributed by atoms with Crippen LogP contribution >= 0.6 is 11.6 Å². The number of hydrogen-bond donors (Lipinski definition) is 1. The van der Waals surface area contributed by atoms with Gasteiger partial charge in [0.1, 0.15) is 22.4 Å². The molecule has 1 saturated heterocycles. The maximum Gasteiger partial charge on any atom is 0.431 e. The summed E-state index contributed by atoms with van der Waals surface area (Å²) >= 11 is 5.88. The summed E-state index contributed by atoms with van der Waals surface area (Å²) in [6.45, 7) is 4.27. The first-order valence-electron chi connectivity index (χ1n) is 10.7. The molecule has 0 saturated carbocycles. The second-order valence-corrected chi connectivity index (χ2v) is 11.7. The number of hydrogen-bond acceptors (Lipinski definition) is 7. The molecular formula is C21H21ClF4N4O7S. The van der Waals surface area contributed by atoms with Crippen LogP contribution in [0.15, 0.2) is 27.8 Å². The van der Waals surface area contributed by atoms with Crippen molar-refractivity contribution in [3.63, 3.8) is 0 Å². The Morgan fingerprint density at radius 1 is 1.11 bits per heavy atom. The molecule has 38 heavy (non-hydrogen) atoms. The Bertz CT molecular complexity index is 1540. The van der Waals surface area contributed by atoms with Crippen LogP contribution in [0.25, 0.3) is 5.69 Å². The highest BCUT2D eigenvalue weighted by Gasteiger charge is 2.42. The van der Waals surface area contributed by atoms with Crippen LogP contribution in [0, 0.1) is 5.82 Å². The highest BCUT2D eigenvalue weighted by Crippen LogP contribution is 2.28. The normalized spacial score (nSPS) is 14.7. The van der Waals surface area contributed by atoms with Gasteiger partial charge in [-0.2, -0.15) is 13.2 Å². The molecule has 1 N–H and O–H groups in total. The lowest BCUT2D eigenvalue weighted by atomic mass is 10.1. The van der Waals surface area contributed by atoms with Gasteiger partial charge in [-0.25, -0.2) is 31.7 Å². The van der Waals surface area contributed by atoms with Crippen LogP contribution in [-0.2, 0) is 28.0 Å². The minimum absolute atomic E-state index is 0.0385. The summed E-state index contributed by atoms with van der Waals surface area (Å²) in [7, 11) is -3.69. The summed E-state index contributed by atoms with van der Waals surface area (Å²) in [6.07, 6.45) is -5.82. The van der Waals surface area contributed by atoms with E-state index in [0.29, 0.717) is 19.2 Å². The molecule has 3 rings (SSSR count). The summed E-state index contributed by atoms with van der Waals surface area (Å²) in [5.74, 6) is -2.72. The van der Waals surface area contributed by atoms with E-state index in [1.807, 2.05) is 0 Å². The first-order chi connectivity index (χ1) is 17.2. The fourth-order valence-electron chi connectivity index (χ4n) is 3.38. The molecule has 0 aliphatic carbocycles. The lowest BCUT2D eigenvalue weighted by molar-refractivity contribution is -0.144. The summed E-state index contributed by atoms with van der Waals surface area (Å²) in [6, 6.07) is 1.12. The van der Waals surface area contributed by atoms with E-state index >= 15 is 0 Å². The van der Waals surface area contributed by atoms with Crippen molar-refractivity contribution < 1.29 is 40.3 Å². The standard InChI is InChI=1S/C21H21ClF4N4O7S/c1-20(2,3)37-19(34)29-8-10(9-29)38(35,36)27-17(32)11-5-14(13(23)6-12(11)22)30-16(31)7-15(21(24,25)26)28(4)18(30)33/h5-7,10H,8-9H2,1-4H3,(H,27,32). The van der Waals surface area contributed by atoms with E-state index in [0.717, 1.165) is 4.90 Å². The average Bonchev–Trinajstić information content (AvgIpc) is 2.68. The van der Waals surface area contributed by atoms with Crippen LogP contribution < -0.4 is 16.0 Å². The van der Waals surface area contributed by atoms with Gasteiger partial charge >= 0.3 is 18.0 Å². The molecule has 2 aromatic rings. The number of likely N-dealkylation sites (tertiary alicyclic amines) is 1. The molecule has 208 valence electrons. The van der Waals surface area contributed by atoms with Crippen molar-refractivity contribution in [2.24, 2.45) is 7.05 Å². The second kappa shape index (κ2) is 9.72. The lowest BCUT2D eigenvalue weighted by Crippen LogP contribution is -2.60. The number of sulfonamides is 1. The van der Waals surface area contributed by atoms with Crippen molar-refractivity contribution in [3.8, 4) is 5.69 Å². The summed E-state index contributed by atoms with van der Waals surface area (Å²) < 4.78 is 86.2. The Kier molecular flexibility index (Phi) is 7.46. The number of rotatable bonds is 4. The number of benzene rings is 1. The minimum atomic E-state index is -5.06. The van der Waals surface area contributed by atoms with E-state index in [-0.39, 0.29) is 28.3 Å². The number of carbonyl (C=O) groups excluding carboxylic acids is 2. The van der Waals surface area contributed by atoms with Crippen molar-refractivity contribution in [2.45, 2.75) is 37.8 Å². The molecule has 2 heterocycles. The van der Waals surface area contributed by atoms with Crippen molar-refractivity contribution in [2.75, 3.05) is 13.1 Å².